The Bertz CT molecular complexity index is 411. The zero-order chi connectivity index (χ0) is 10.7. The lowest BCUT2D eigenvalue weighted by atomic mass is 10.0. The van der Waals surface area contributed by atoms with Crippen molar-refractivity contribution in [2.24, 2.45) is 0 Å². The van der Waals surface area contributed by atoms with Crippen LogP contribution in [0, 0.1) is 17.1 Å². The van der Waals surface area contributed by atoms with Crippen molar-refractivity contribution < 1.29 is 9.18 Å². The van der Waals surface area contributed by atoms with E-state index in [4.69, 9.17) is 5.26 Å². The van der Waals surface area contributed by atoms with Crippen LogP contribution in [0.3, 0.4) is 0 Å². The van der Waals surface area contributed by atoms with E-state index in [-0.39, 0.29) is 11.3 Å². The van der Waals surface area contributed by atoms with E-state index in [1.165, 1.54) is 19.1 Å². The van der Waals surface area contributed by atoms with Gasteiger partial charge in [-0.15, -0.1) is 0 Å². The number of Topliss-reactive ketones (excluding diaryl/α,β-unsaturated/α-hetero) is 1. The fourth-order valence-corrected chi connectivity index (χ4v) is 1.46. The van der Waals surface area contributed by atoms with Crippen LogP contribution in [0.2, 0.25) is 0 Å². The van der Waals surface area contributed by atoms with Gasteiger partial charge < -0.3 is 0 Å². The molecule has 1 aromatic rings. The quantitative estimate of drug-likeness (QED) is 0.763. The summed E-state index contributed by atoms with van der Waals surface area (Å²) in [5, 5.41) is 8.72. The Morgan fingerprint density at radius 3 is 2.79 bits per heavy atom. The maximum Gasteiger partial charge on any atom is 0.147 e. The van der Waals surface area contributed by atoms with Crippen molar-refractivity contribution in [1.29, 1.82) is 5.26 Å². The highest BCUT2D eigenvalue weighted by Crippen LogP contribution is 2.26. The first-order valence-electron chi connectivity index (χ1n) is 3.90. The van der Waals surface area contributed by atoms with Gasteiger partial charge in [0.15, 0.2) is 0 Å². The molecule has 0 fully saturated rings. The predicted molar refractivity (Wildman–Crippen MR) is 53.5 cm³/mol. The second-order valence-electron chi connectivity index (χ2n) is 2.82. The largest absolute Gasteiger partial charge is 0.298 e. The first-order chi connectivity index (χ1) is 6.56. The molecule has 1 aromatic carbocycles. The number of carbonyl (C=O) groups excluding carboxylic acids is 1. The summed E-state index contributed by atoms with van der Waals surface area (Å²) >= 11 is 3.14. The summed E-state index contributed by atoms with van der Waals surface area (Å²) < 4.78 is 12.7. The van der Waals surface area contributed by atoms with Crippen molar-refractivity contribution in [3.8, 4) is 6.07 Å². The van der Waals surface area contributed by atoms with Crippen molar-refractivity contribution in [1.82, 2.24) is 0 Å². The number of halogens is 2. The summed E-state index contributed by atoms with van der Waals surface area (Å²) in [5.74, 6) is -0.596. The third kappa shape index (κ3) is 2.18. The topological polar surface area (TPSA) is 40.9 Å². The van der Waals surface area contributed by atoms with Crippen LogP contribution in [0.25, 0.3) is 0 Å². The van der Waals surface area contributed by atoms with Crippen LogP contribution in [0.1, 0.15) is 22.9 Å². The highest BCUT2D eigenvalue weighted by Gasteiger charge is 2.16. The van der Waals surface area contributed by atoms with E-state index in [1.807, 2.05) is 6.07 Å². The van der Waals surface area contributed by atoms with Crippen LogP contribution < -0.4 is 0 Å². The third-order valence-corrected chi connectivity index (χ3v) is 2.90. The second-order valence-corrected chi connectivity index (χ2v) is 3.73. The number of carbonyl (C=O) groups is 1. The second kappa shape index (κ2) is 4.34. The highest BCUT2D eigenvalue weighted by atomic mass is 79.9. The van der Waals surface area contributed by atoms with Crippen molar-refractivity contribution in [3.63, 3.8) is 0 Å². The van der Waals surface area contributed by atoms with Gasteiger partial charge in [0.1, 0.15) is 11.6 Å². The Hall–Kier alpha value is -1.21. The molecule has 0 bridgehead atoms. The van der Waals surface area contributed by atoms with Crippen LogP contribution in [0.5, 0.6) is 0 Å². The summed E-state index contributed by atoms with van der Waals surface area (Å²) in [5.41, 5.74) is 0.684. The lowest BCUT2D eigenvalue weighted by Gasteiger charge is -2.07. The average Bonchev–Trinajstić information content (AvgIpc) is 2.16. The molecule has 0 aliphatic rings. The first kappa shape index (κ1) is 10.9. The molecule has 0 saturated heterocycles. The number of nitriles is 1. The number of alkyl halides is 1. The molecule has 0 radical (unpaired) electrons. The molecular formula is C10H7BrFNO. The van der Waals surface area contributed by atoms with E-state index in [0.717, 1.165) is 6.07 Å². The maximum absolute atomic E-state index is 12.7. The monoisotopic (exact) mass is 255 g/mol. The maximum atomic E-state index is 12.7. The zero-order valence-electron chi connectivity index (χ0n) is 7.42. The molecular weight excluding hydrogens is 249 g/mol. The minimum Gasteiger partial charge on any atom is -0.298 e. The third-order valence-electron chi connectivity index (χ3n) is 1.77. The van der Waals surface area contributed by atoms with Gasteiger partial charge in [-0.1, -0.05) is 22.0 Å². The molecule has 0 heterocycles. The molecule has 1 unspecified atom stereocenters. The standard InChI is InChI=1S/C10H7BrFNO/c1-6(14)10(11)9-3-2-8(12)4-7(9)5-13/h2-4,10H,1H3. The molecule has 4 heteroatoms. The van der Waals surface area contributed by atoms with E-state index in [0.29, 0.717) is 5.56 Å². The molecule has 0 N–H and O–H groups in total. The van der Waals surface area contributed by atoms with E-state index >= 15 is 0 Å². The summed E-state index contributed by atoms with van der Waals surface area (Å²) in [6, 6.07) is 5.64. The summed E-state index contributed by atoms with van der Waals surface area (Å²) in [6.45, 7) is 1.41. The fourth-order valence-electron chi connectivity index (χ4n) is 1.07. The summed E-state index contributed by atoms with van der Waals surface area (Å²) in [6.07, 6.45) is 0. The van der Waals surface area contributed by atoms with Gasteiger partial charge in [-0.25, -0.2) is 4.39 Å². The van der Waals surface area contributed by atoms with Crippen LogP contribution in [-0.4, -0.2) is 5.78 Å². The Morgan fingerprint density at radius 2 is 2.29 bits per heavy atom. The SMILES string of the molecule is CC(=O)C(Br)c1ccc(F)cc1C#N. The molecule has 0 saturated carbocycles. The molecule has 0 spiro atoms. The minimum absolute atomic E-state index is 0.117. The molecule has 1 atom stereocenters. The molecule has 1 rings (SSSR count). The number of nitrogens with zero attached hydrogens (tertiary/aromatic N) is 1. The lowest BCUT2D eigenvalue weighted by Crippen LogP contribution is -2.03. The number of hydrogen-bond acceptors (Lipinski definition) is 2. The van der Waals surface area contributed by atoms with Gasteiger partial charge in [0.05, 0.1) is 16.5 Å². The first-order valence-corrected chi connectivity index (χ1v) is 4.82. The Balaban J connectivity index is 3.22. The number of hydrogen-bond donors (Lipinski definition) is 0. The van der Waals surface area contributed by atoms with Crippen LogP contribution in [0.15, 0.2) is 18.2 Å². The molecule has 72 valence electrons. The zero-order valence-corrected chi connectivity index (χ0v) is 9.01. The van der Waals surface area contributed by atoms with Gasteiger partial charge in [-0.3, -0.25) is 4.79 Å². The van der Waals surface area contributed by atoms with Gasteiger partial charge in [0.2, 0.25) is 0 Å². The lowest BCUT2D eigenvalue weighted by molar-refractivity contribution is -0.116. The molecule has 0 aromatic heterocycles. The number of benzene rings is 1. The van der Waals surface area contributed by atoms with Gasteiger partial charge >= 0.3 is 0 Å². The van der Waals surface area contributed by atoms with E-state index in [1.54, 1.807) is 0 Å². The normalized spacial score (nSPS) is 11.9. The average molecular weight is 256 g/mol. The van der Waals surface area contributed by atoms with Crippen molar-refractivity contribution >= 4 is 21.7 Å². The van der Waals surface area contributed by atoms with E-state index in [9.17, 15) is 9.18 Å². The number of ketones is 1. The van der Waals surface area contributed by atoms with Crippen LogP contribution in [-0.2, 0) is 4.79 Å². The minimum atomic E-state index is -0.544. The van der Waals surface area contributed by atoms with Crippen LogP contribution >= 0.6 is 15.9 Å². The number of rotatable bonds is 2. The summed E-state index contributed by atoms with van der Waals surface area (Å²) in [4.78, 5) is 10.5. The predicted octanol–water partition coefficient (Wildman–Crippen LogP) is 2.72. The molecule has 0 aliphatic heterocycles. The Labute approximate surface area is 89.5 Å². The van der Waals surface area contributed by atoms with Gasteiger partial charge in [-0.05, 0) is 24.6 Å². The molecule has 14 heavy (non-hydrogen) atoms. The van der Waals surface area contributed by atoms with E-state index < -0.39 is 10.6 Å². The highest BCUT2D eigenvalue weighted by molar-refractivity contribution is 9.09. The van der Waals surface area contributed by atoms with Gasteiger partial charge in [0, 0.05) is 0 Å². The van der Waals surface area contributed by atoms with Crippen molar-refractivity contribution in [2.75, 3.05) is 0 Å². The smallest absolute Gasteiger partial charge is 0.147 e. The Kier molecular flexibility index (Phi) is 3.37. The van der Waals surface area contributed by atoms with E-state index in [2.05, 4.69) is 15.9 Å². The Morgan fingerprint density at radius 1 is 1.64 bits per heavy atom. The molecule has 0 amide bonds. The van der Waals surface area contributed by atoms with Crippen molar-refractivity contribution in [3.05, 3.63) is 35.1 Å². The van der Waals surface area contributed by atoms with Crippen LogP contribution in [0.4, 0.5) is 4.39 Å². The van der Waals surface area contributed by atoms with Crippen molar-refractivity contribution in [2.45, 2.75) is 11.8 Å². The van der Waals surface area contributed by atoms with Gasteiger partial charge in [-0.2, -0.15) is 5.26 Å². The summed E-state index contributed by atoms with van der Waals surface area (Å²) in [7, 11) is 0. The molecule has 0 aliphatic carbocycles. The fraction of sp³-hybridized carbons (Fsp3) is 0.200. The molecule has 2 nitrogen and oxygen atoms in total. The van der Waals surface area contributed by atoms with Gasteiger partial charge in [0.25, 0.3) is 0 Å².